The Morgan fingerprint density at radius 1 is 1.13 bits per heavy atom. The van der Waals surface area contributed by atoms with Crippen LogP contribution in [0.15, 0.2) is 29.5 Å². The molecule has 4 atom stereocenters. The van der Waals surface area contributed by atoms with E-state index in [1.165, 1.54) is 6.42 Å². The summed E-state index contributed by atoms with van der Waals surface area (Å²) in [6.07, 6.45) is 10.2. The van der Waals surface area contributed by atoms with Crippen LogP contribution in [0.3, 0.4) is 0 Å². The molecule has 9 rings (SSSR count). The standard InChI is InChI=1S/C27H35N9O2/c1-3-21-25-33-29-15-35(25)22-14-28-27-31-20-7-4-16(12-23(20)38-2)26(37)30-17-8-10-34(11-9-17)18-5-6-19(13-18)36(21)24(22)32-27/h4,7,12,14-15,17-19,21,25,33H,3,5-6,8-11,13H2,1-2H3,(H,30,37)(H,28,31,32)/t18?,19?,21-,25?/m1/s1. The van der Waals surface area contributed by atoms with E-state index in [1.54, 1.807) is 13.2 Å². The molecule has 11 heteroatoms. The number of aromatic nitrogens is 2. The SMILES string of the molecule is CC[C@@H]1C2NN=CN2c2cnc3nc2N1C1CCC(C1)N1CCC(CC1)NC(=O)c1ccc(c(OC)c1)N3. The summed E-state index contributed by atoms with van der Waals surface area (Å²) in [6.45, 7) is 4.28. The Hall–Kier alpha value is -3.60. The van der Waals surface area contributed by atoms with Gasteiger partial charge in [-0.1, -0.05) is 6.92 Å². The van der Waals surface area contributed by atoms with Crippen LogP contribution in [-0.2, 0) is 0 Å². The minimum Gasteiger partial charge on any atom is -0.495 e. The number of piperidine rings is 1. The summed E-state index contributed by atoms with van der Waals surface area (Å²) >= 11 is 0. The van der Waals surface area contributed by atoms with E-state index in [-0.39, 0.29) is 24.2 Å². The van der Waals surface area contributed by atoms with E-state index >= 15 is 0 Å². The molecular weight excluding hydrogens is 482 g/mol. The molecule has 6 aliphatic heterocycles. The predicted octanol–water partition coefficient (Wildman–Crippen LogP) is 2.64. The van der Waals surface area contributed by atoms with Crippen molar-refractivity contribution in [2.45, 2.75) is 75.8 Å². The Kier molecular flexibility index (Phi) is 5.75. The molecule has 38 heavy (non-hydrogen) atoms. The summed E-state index contributed by atoms with van der Waals surface area (Å²) in [4.78, 5) is 30.2. The number of nitrogens with zero attached hydrogens (tertiary/aromatic N) is 6. The smallest absolute Gasteiger partial charge is 0.251 e. The van der Waals surface area contributed by atoms with Crippen molar-refractivity contribution in [1.82, 2.24) is 25.6 Å². The molecule has 2 aromatic rings. The Bertz CT molecular complexity index is 1260. The second-order valence-electron chi connectivity index (χ2n) is 11.0. The van der Waals surface area contributed by atoms with E-state index in [1.807, 2.05) is 24.7 Å². The maximum Gasteiger partial charge on any atom is 0.251 e. The van der Waals surface area contributed by atoms with Crippen molar-refractivity contribution >= 4 is 35.4 Å². The largest absolute Gasteiger partial charge is 0.495 e. The minimum absolute atomic E-state index is 0.0583. The lowest BCUT2D eigenvalue weighted by Gasteiger charge is -2.47. The molecule has 3 unspecified atom stereocenters. The zero-order valence-corrected chi connectivity index (χ0v) is 21.9. The highest BCUT2D eigenvalue weighted by Gasteiger charge is 2.46. The monoisotopic (exact) mass is 517 g/mol. The first kappa shape index (κ1) is 23.5. The highest BCUT2D eigenvalue weighted by atomic mass is 16.5. The lowest BCUT2D eigenvalue weighted by Crippen LogP contribution is -2.61. The number of benzene rings is 1. The van der Waals surface area contributed by atoms with Gasteiger partial charge in [-0.05, 0) is 56.7 Å². The molecule has 7 heterocycles. The minimum atomic E-state index is -0.0583. The van der Waals surface area contributed by atoms with Crippen LogP contribution in [0.25, 0.3) is 0 Å². The fourth-order valence-electron chi connectivity index (χ4n) is 7.01. The fraction of sp³-hybridized carbons (Fsp3) is 0.556. The van der Waals surface area contributed by atoms with Crippen LogP contribution in [-0.4, -0.2) is 77.6 Å². The van der Waals surface area contributed by atoms with Gasteiger partial charge in [0.25, 0.3) is 5.91 Å². The Morgan fingerprint density at radius 3 is 2.79 bits per heavy atom. The van der Waals surface area contributed by atoms with Crippen molar-refractivity contribution < 1.29 is 9.53 Å². The Balaban J connectivity index is 1.33. The maximum absolute atomic E-state index is 13.1. The molecule has 0 radical (unpaired) electrons. The molecule has 200 valence electrons. The summed E-state index contributed by atoms with van der Waals surface area (Å²) < 4.78 is 5.66. The molecule has 3 N–H and O–H groups in total. The van der Waals surface area contributed by atoms with Gasteiger partial charge in [0.1, 0.15) is 23.9 Å². The van der Waals surface area contributed by atoms with Gasteiger partial charge in [0.05, 0.1) is 25.0 Å². The van der Waals surface area contributed by atoms with E-state index in [2.05, 4.69) is 47.8 Å². The quantitative estimate of drug-likeness (QED) is 0.554. The lowest BCUT2D eigenvalue weighted by atomic mass is 10.00. The molecule has 11 nitrogen and oxygen atoms in total. The first-order chi connectivity index (χ1) is 18.6. The first-order valence-corrected chi connectivity index (χ1v) is 13.9. The second kappa shape index (κ2) is 9.30. The summed E-state index contributed by atoms with van der Waals surface area (Å²) in [5.41, 5.74) is 5.61. The lowest BCUT2D eigenvalue weighted by molar-refractivity contribution is 0.0891. The summed E-state index contributed by atoms with van der Waals surface area (Å²) in [6, 6.07) is 6.85. The van der Waals surface area contributed by atoms with Gasteiger partial charge in [0.2, 0.25) is 5.95 Å². The summed E-state index contributed by atoms with van der Waals surface area (Å²) in [5.74, 6) is 1.96. The highest BCUT2D eigenvalue weighted by molar-refractivity contribution is 5.95. The van der Waals surface area contributed by atoms with Crippen molar-refractivity contribution in [3.8, 4) is 5.75 Å². The van der Waals surface area contributed by atoms with Crippen molar-refractivity contribution in [2.24, 2.45) is 5.10 Å². The molecule has 0 spiro atoms. The Labute approximate surface area is 222 Å². The molecule has 1 amide bonds. The van der Waals surface area contributed by atoms with Gasteiger partial charge in [0, 0.05) is 36.8 Å². The third-order valence-electron chi connectivity index (χ3n) is 8.96. The topological polar surface area (TPSA) is 110 Å². The zero-order valence-electron chi connectivity index (χ0n) is 21.9. The fourth-order valence-corrected chi connectivity index (χ4v) is 7.01. The van der Waals surface area contributed by atoms with E-state index in [0.717, 1.165) is 62.4 Å². The number of fused-ring (bicyclic) bond motifs is 4. The van der Waals surface area contributed by atoms with Crippen LogP contribution in [0, 0.1) is 0 Å². The van der Waals surface area contributed by atoms with Gasteiger partial charge in [-0.2, -0.15) is 10.1 Å². The summed E-state index contributed by atoms with van der Waals surface area (Å²) in [7, 11) is 1.61. The van der Waals surface area contributed by atoms with E-state index in [4.69, 9.17) is 9.72 Å². The molecule has 1 aromatic heterocycles. The van der Waals surface area contributed by atoms with E-state index in [0.29, 0.717) is 29.3 Å². The van der Waals surface area contributed by atoms with Crippen LogP contribution in [0.2, 0.25) is 0 Å². The van der Waals surface area contributed by atoms with Crippen LogP contribution in [0.5, 0.6) is 5.75 Å². The van der Waals surface area contributed by atoms with Crippen LogP contribution in [0.4, 0.5) is 23.1 Å². The molecular formula is C27H35N9O2. The van der Waals surface area contributed by atoms with E-state index in [9.17, 15) is 4.79 Å². The summed E-state index contributed by atoms with van der Waals surface area (Å²) in [5, 5.41) is 11.0. The number of nitrogens with one attached hydrogen (secondary N) is 3. The average molecular weight is 518 g/mol. The number of rotatable bonds is 2. The van der Waals surface area contributed by atoms with Gasteiger partial charge in [-0.25, -0.2) is 4.98 Å². The molecule has 1 aliphatic carbocycles. The average Bonchev–Trinajstić information content (AvgIpc) is 3.63. The molecule has 1 saturated carbocycles. The number of hydrogen-bond donors (Lipinski definition) is 3. The van der Waals surface area contributed by atoms with Gasteiger partial charge >= 0.3 is 0 Å². The molecule has 8 bridgehead atoms. The molecule has 1 aromatic carbocycles. The predicted molar refractivity (Wildman–Crippen MR) is 146 cm³/mol. The molecule has 7 aliphatic rings. The maximum atomic E-state index is 13.1. The van der Waals surface area contributed by atoms with Crippen molar-refractivity contribution in [3.63, 3.8) is 0 Å². The van der Waals surface area contributed by atoms with Gasteiger partial charge < -0.3 is 30.1 Å². The molecule has 1 saturated heterocycles. The van der Waals surface area contributed by atoms with Gasteiger partial charge in [-0.3, -0.25) is 10.2 Å². The van der Waals surface area contributed by atoms with Gasteiger partial charge in [0.15, 0.2) is 5.82 Å². The first-order valence-electron chi connectivity index (χ1n) is 13.9. The van der Waals surface area contributed by atoms with Crippen LogP contribution >= 0.6 is 0 Å². The van der Waals surface area contributed by atoms with Crippen molar-refractivity contribution in [1.29, 1.82) is 0 Å². The number of carbonyl (C=O) groups excluding carboxylic acids is 1. The number of hydrogen-bond acceptors (Lipinski definition) is 10. The third-order valence-corrected chi connectivity index (χ3v) is 8.96. The number of ether oxygens (including phenoxy) is 1. The number of methoxy groups -OCH3 is 1. The van der Waals surface area contributed by atoms with Crippen molar-refractivity contribution in [3.05, 3.63) is 30.0 Å². The van der Waals surface area contributed by atoms with Crippen LogP contribution in [0.1, 0.15) is 55.8 Å². The zero-order chi connectivity index (χ0) is 25.8. The van der Waals surface area contributed by atoms with E-state index < -0.39 is 0 Å². The highest BCUT2D eigenvalue weighted by Crippen LogP contribution is 2.43. The van der Waals surface area contributed by atoms with Gasteiger partial charge in [-0.15, -0.1) is 0 Å². The number of hydrazone groups is 1. The van der Waals surface area contributed by atoms with Crippen molar-refractivity contribution in [2.75, 3.05) is 35.3 Å². The normalized spacial score (nSPS) is 31.3. The third kappa shape index (κ3) is 3.82. The second-order valence-corrected chi connectivity index (χ2v) is 11.0. The Morgan fingerprint density at radius 2 is 1.97 bits per heavy atom. The number of anilines is 4. The van der Waals surface area contributed by atoms with Crippen LogP contribution < -0.4 is 30.6 Å². The molecule has 2 fully saturated rings. The number of amides is 1. The number of carbonyl (C=O) groups is 1.